The van der Waals surface area contributed by atoms with E-state index in [9.17, 15) is 13.2 Å². The summed E-state index contributed by atoms with van der Waals surface area (Å²) in [6, 6.07) is 10.4. The first-order chi connectivity index (χ1) is 9.40. The van der Waals surface area contributed by atoms with Gasteiger partial charge in [0.2, 0.25) is 0 Å². The quantitative estimate of drug-likeness (QED) is 0.734. The highest BCUT2D eigenvalue weighted by atomic mass is 19.4. The summed E-state index contributed by atoms with van der Waals surface area (Å²) in [6.07, 6.45) is -3.38. The molecule has 0 aliphatic heterocycles. The van der Waals surface area contributed by atoms with E-state index in [-0.39, 0.29) is 0 Å². The van der Waals surface area contributed by atoms with E-state index in [1.54, 1.807) is 0 Å². The highest BCUT2D eigenvalue weighted by Gasteiger charge is 2.30. The third-order valence-electron chi connectivity index (χ3n) is 3.11. The van der Waals surface area contributed by atoms with Crippen LogP contribution >= 0.6 is 0 Å². The Balaban J connectivity index is 2.16. The zero-order valence-corrected chi connectivity index (χ0v) is 11.3. The van der Waals surface area contributed by atoms with Gasteiger partial charge in [-0.2, -0.15) is 13.2 Å². The molecule has 0 radical (unpaired) electrons. The van der Waals surface area contributed by atoms with Gasteiger partial charge in [-0.1, -0.05) is 13.0 Å². The second-order valence-electron chi connectivity index (χ2n) is 4.57. The number of alkyl halides is 3. The summed E-state index contributed by atoms with van der Waals surface area (Å²) < 4.78 is 42.9. The molecule has 20 heavy (non-hydrogen) atoms. The predicted molar refractivity (Wildman–Crippen MR) is 72.1 cm³/mol. The van der Waals surface area contributed by atoms with Crippen LogP contribution in [0.4, 0.5) is 13.2 Å². The molecule has 0 aliphatic rings. The van der Waals surface area contributed by atoms with Crippen LogP contribution in [0.25, 0.3) is 0 Å². The molecule has 0 fully saturated rings. The van der Waals surface area contributed by atoms with Crippen molar-refractivity contribution >= 4 is 0 Å². The van der Waals surface area contributed by atoms with Gasteiger partial charge in [0, 0.05) is 0 Å². The number of aryl methyl sites for hydroxylation is 2. The minimum atomic E-state index is -4.32. The summed E-state index contributed by atoms with van der Waals surface area (Å²) in [5, 5.41) is 0. The van der Waals surface area contributed by atoms with Crippen molar-refractivity contribution in [3.8, 4) is 11.5 Å². The predicted octanol–water partition coefficient (Wildman–Crippen LogP) is 5.37. The molecule has 106 valence electrons. The van der Waals surface area contributed by atoms with Gasteiger partial charge in [-0.05, 0) is 60.9 Å². The van der Waals surface area contributed by atoms with Crippen LogP contribution in [0.1, 0.15) is 23.6 Å². The maximum atomic E-state index is 12.4. The second-order valence-corrected chi connectivity index (χ2v) is 4.57. The van der Waals surface area contributed by atoms with Crippen molar-refractivity contribution in [2.75, 3.05) is 0 Å². The van der Waals surface area contributed by atoms with E-state index in [4.69, 9.17) is 4.74 Å². The molecule has 0 saturated heterocycles. The molecule has 2 rings (SSSR count). The molecule has 0 saturated carbocycles. The summed E-state index contributed by atoms with van der Waals surface area (Å²) in [5.74, 6) is 1.01. The first-order valence-corrected chi connectivity index (χ1v) is 6.35. The van der Waals surface area contributed by atoms with E-state index in [2.05, 4.69) is 6.92 Å². The standard InChI is InChI=1S/C16H15F3O/c1-3-12-4-7-15(10-11(12)2)20-14-8-5-13(6-9-14)16(17,18)19/h4-10H,3H2,1-2H3. The number of benzene rings is 2. The molecule has 0 aliphatic carbocycles. The molecule has 4 heteroatoms. The lowest BCUT2D eigenvalue weighted by Crippen LogP contribution is -2.04. The molecule has 0 heterocycles. The fourth-order valence-electron chi connectivity index (χ4n) is 1.98. The third kappa shape index (κ3) is 3.32. The van der Waals surface area contributed by atoms with Gasteiger partial charge in [0.25, 0.3) is 0 Å². The molecule has 0 amide bonds. The molecule has 0 N–H and O–H groups in total. The molecular weight excluding hydrogens is 265 g/mol. The zero-order valence-electron chi connectivity index (χ0n) is 11.3. The van der Waals surface area contributed by atoms with Crippen molar-refractivity contribution in [1.29, 1.82) is 0 Å². The average Bonchev–Trinajstić information content (AvgIpc) is 2.38. The Morgan fingerprint density at radius 1 is 0.950 bits per heavy atom. The number of halogens is 3. The van der Waals surface area contributed by atoms with E-state index in [1.807, 2.05) is 25.1 Å². The van der Waals surface area contributed by atoms with E-state index in [1.165, 1.54) is 17.7 Å². The summed E-state index contributed by atoms with van der Waals surface area (Å²) in [6.45, 7) is 4.05. The van der Waals surface area contributed by atoms with Crippen LogP contribution in [-0.4, -0.2) is 0 Å². The fraction of sp³-hybridized carbons (Fsp3) is 0.250. The molecule has 0 spiro atoms. The van der Waals surface area contributed by atoms with Gasteiger partial charge in [-0.15, -0.1) is 0 Å². The minimum absolute atomic E-state index is 0.390. The summed E-state index contributed by atoms with van der Waals surface area (Å²) in [7, 11) is 0. The molecule has 2 aromatic carbocycles. The lowest BCUT2D eigenvalue weighted by atomic mass is 10.1. The lowest BCUT2D eigenvalue weighted by molar-refractivity contribution is -0.137. The van der Waals surface area contributed by atoms with Crippen LogP contribution in [0.15, 0.2) is 42.5 Å². The first-order valence-electron chi connectivity index (χ1n) is 6.35. The summed E-state index contributed by atoms with van der Waals surface area (Å²) in [4.78, 5) is 0. The van der Waals surface area contributed by atoms with Gasteiger partial charge >= 0.3 is 6.18 Å². The minimum Gasteiger partial charge on any atom is -0.457 e. The lowest BCUT2D eigenvalue weighted by Gasteiger charge is -2.10. The van der Waals surface area contributed by atoms with Gasteiger partial charge in [-0.25, -0.2) is 0 Å². The maximum absolute atomic E-state index is 12.4. The third-order valence-corrected chi connectivity index (χ3v) is 3.11. The van der Waals surface area contributed by atoms with Gasteiger partial charge in [-0.3, -0.25) is 0 Å². The van der Waals surface area contributed by atoms with Crippen LogP contribution in [0.5, 0.6) is 11.5 Å². The monoisotopic (exact) mass is 280 g/mol. The van der Waals surface area contributed by atoms with E-state index in [0.29, 0.717) is 11.5 Å². The van der Waals surface area contributed by atoms with Crippen molar-refractivity contribution in [2.45, 2.75) is 26.4 Å². The molecule has 0 unspecified atom stereocenters. The summed E-state index contributed by atoms with van der Waals surface area (Å²) >= 11 is 0. The van der Waals surface area contributed by atoms with E-state index >= 15 is 0 Å². The first kappa shape index (κ1) is 14.4. The number of hydrogen-bond donors (Lipinski definition) is 0. The van der Waals surface area contributed by atoms with Crippen molar-refractivity contribution < 1.29 is 17.9 Å². The van der Waals surface area contributed by atoms with Crippen LogP contribution in [0.3, 0.4) is 0 Å². The van der Waals surface area contributed by atoms with E-state index in [0.717, 1.165) is 24.1 Å². The molecule has 0 bridgehead atoms. The van der Waals surface area contributed by atoms with Crippen molar-refractivity contribution in [2.24, 2.45) is 0 Å². The maximum Gasteiger partial charge on any atom is 0.416 e. The Morgan fingerprint density at radius 3 is 2.05 bits per heavy atom. The van der Waals surface area contributed by atoms with Gasteiger partial charge < -0.3 is 4.74 Å². The smallest absolute Gasteiger partial charge is 0.416 e. The number of hydrogen-bond acceptors (Lipinski definition) is 1. The molecule has 1 nitrogen and oxygen atoms in total. The number of ether oxygens (including phenoxy) is 1. The second kappa shape index (κ2) is 5.57. The van der Waals surface area contributed by atoms with Crippen LogP contribution in [0, 0.1) is 6.92 Å². The van der Waals surface area contributed by atoms with Crippen molar-refractivity contribution in [3.05, 3.63) is 59.2 Å². The Hall–Kier alpha value is -1.97. The van der Waals surface area contributed by atoms with E-state index < -0.39 is 11.7 Å². The normalized spacial score (nSPS) is 11.4. The Bertz CT molecular complexity index is 586. The molecule has 0 aromatic heterocycles. The largest absolute Gasteiger partial charge is 0.457 e. The summed E-state index contributed by atoms with van der Waals surface area (Å²) in [5.41, 5.74) is 1.66. The Labute approximate surface area is 116 Å². The Kier molecular flexibility index (Phi) is 4.02. The highest BCUT2D eigenvalue weighted by Crippen LogP contribution is 2.31. The fourth-order valence-corrected chi connectivity index (χ4v) is 1.98. The molecular formula is C16H15F3O. The SMILES string of the molecule is CCc1ccc(Oc2ccc(C(F)(F)F)cc2)cc1C. The van der Waals surface area contributed by atoms with Crippen molar-refractivity contribution in [1.82, 2.24) is 0 Å². The molecule has 2 aromatic rings. The van der Waals surface area contributed by atoms with Crippen LogP contribution < -0.4 is 4.74 Å². The average molecular weight is 280 g/mol. The molecule has 0 atom stereocenters. The van der Waals surface area contributed by atoms with Crippen LogP contribution in [-0.2, 0) is 12.6 Å². The van der Waals surface area contributed by atoms with Crippen LogP contribution in [0.2, 0.25) is 0 Å². The van der Waals surface area contributed by atoms with Crippen molar-refractivity contribution in [3.63, 3.8) is 0 Å². The van der Waals surface area contributed by atoms with Gasteiger partial charge in [0.15, 0.2) is 0 Å². The topological polar surface area (TPSA) is 9.23 Å². The van der Waals surface area contributed by atoms with Gasteiger partial charge in [0.05, 0.1) is 5.56 Å². The highest BCUT2D eigenvalue weighted by molar-refractivity contribution is 5.38. The van der Waals surface area contributed by atoms with Gasteiger partial charge in [0.1, 0.15) is 11.5 Å². The zero-order chi connectivity index (χ0) is 14.8. The Morgan fingerprint density at radius 2 is 1.55 bits per heavy atom. The number of rotatable bonds is 3.